The van der Waals surface area contributed by atoms with E-state index in [9.17, 15) is 19.8 Å². The summed E-state index contributed by atoms with van der Waals surface area (Å²) in [6.07, 6.45) is 15.5. The van der Waals surface area contributed by atoms with Gasteiger partial charge in [0.05, 0.1) is 0 Å². The summed E-state index contributed by atoms with van der Waals surface area (Å²) in [5.74, 6) is -1.09. The van der Waals surface area contributed by atoms with Gasteiger partial charge in [-0.05, 0) is 50.9 Å². The molecule has 3 N–H and O–H groups in total. The van der Waals surface area contributed by atoms with Crippen molar-refractivity contribution < 1.29 is 24.9 Å². The zero-order chi connectivity index (χ0) is 20.3. The molecule has 5 heteroatoms. The number of rotatable bonds is 13. The number of aliphatic hydroxyl groups excluding tert-OH is 1. The molecule has 1 rings (SSSR count). The Morgan fingerprint density at radius 2 is 1.93 bits per heavy atom. The highest BCUT2D eigenvalue weighted by molar-refractivity contribution is 5.84. The Kier molecular flexibility index (Phi) is 10.6. The molecule has 0 aromatic carbocycles. The summed E-state index contributed by atoms with van der Waals surface area (Å²) in [5.41, 5.74) is -1.72. The normalized spacial score (nSPS) is 25.5. The Labute approximate surface area is 163 Å². The Bertz CT molecular complexity index is 521. The quantitative estimate of drug-likeness (QED) is 0.333. The van der Waals surface area contributed by atoms with E-state index in [4.69, 9.17) is 5.11 Å². The van der Waals surface area contributed by atoms with E-state index < -0.39 is 11.6 Å². The molecule has 1 saturated carbocycles. The van der Waals surface area contributed by atoms with Crippen molar-refractivity contribution in [2.45, 2.75) is 77.2 Å². The number of aliphatic carboxylic acids is 1. The van der Waals surface area contributed by atoms with Gasteiger partial charge in [-0.25, -0.2) is 4.79 Å². The zero-order valence-corrected chi connectivity index (χ0v) is 16.8. The van der Waals surface area contributed by atoms with Crippen molar-refractivity contribution in [1.29, 1.82) is 0 Å². The number of carboxylic acids is 1. The number of ketones is 1. The molecule has 27 heavy (non-hydrogen) atoms. The van der Waals surface area contributed by atoms with Crippen LogP contribution in [0.3, 0.4) is 0 Å². The molecule has 1 fully saturated rings. The summed E-state index contributed by atoms with van der Waals surface area (Å²) in [7, 11) is 0. The largest absolute Gasteiger partial charge is 0.479 e. The third-order valence-corrected chi connectivity index (χ3v) is 5.52. The summed E-state index contributed by atoms with van der Waals surface area (Å²) in [6, 6.07) is 0. The van der Waals surface area contributed by atoms with Crippen LogP contribution in [0.1, 0.15) is 71.6 Å². The van der Waals surface area contributed by atoms with Crippen molar-refractivity contribution in [3.63, 3.8) is 0 Å². The van der Waals surface area contributed by atoms with Crippen LogP contribution in [0, 0.1) is 17.8 Å². The maximum Gasteiger partial charge on any atom is 0.335 e. The molecular weight excluding hydrogens is 344 g/mol. The van der Waals surface area contributed by atoms with Gasteiger partial charge in [-0.3, -0.25) is 4.79 Å². The highest BCUT2D eigenvalue weighted by atomic mass is 16.4. The Balaban J connectivity index is 2.54. The van der Waals surface area contributed by atoms with Gasteiger partial charge in [0.2, 0.25) is 0 Å². The molecule has 0 bridgehead atoms. The minimum absolute atomic E-state index is 0.00413. The van der Waals surface area contributed by atoms with E-state index in [0.717, 1.165) is 12.8 Å². The number of aliphatic hydroxyl groups is 2. The van der Waals surface area contributed by atoms with Crippen LogP contribution in [0.15, 0.2) is 24.3 Å². The number of Topliss-reactive ketones (excluding diaryl/α,β-unsaturated/α-hetero) is 1. The van der Waals surface area contributed by atoms with Gasteiger partial charge >= 0.3 is 5.97 Å². The Morgan fingerprint density at radius 1 is 1.19 bits per heavy atom. The number of unbranched alkanes of at least 4 members (excludes halogenated alkanes) is 4. The predicted molar refractivity (Wildman–Crippen MR) is 106 cm³/mol. The molecular formula is C22H36O5. The monoisotopic (exact) mass is 380 g/mol. The molecule has 0 spiro atoms. The molecule has 0 aromatic heterocycles. The summed E-state index contributed by atoms with van der Waals surface area (Å²) >= 11 is 0. The van der Waals surface area contributed by atoms with Crippen LogP contribution in [0.5, 0.6) is 0 Å². The smallest absolute Gasteiger partial charge is 0.335 e. The van der Waals surface area contributed by atoms with Crippen LogP contribution < -0.4 is 0 Å². The molecule has 0 amide bonds. The predicted octanol–water partition coefficient (Wildman–Crippen LogP) is 3.89. The van der Waals surface area contributed by atoms with Gasteiger partial charge in [0.25, 0.3) is 0 Å². The average molecular weight is 381 g/mol. The third-order valence-electron chi connectivity index (χ3n) is 5.52. The zero-order valence-electron chi connectivity index (χ0n) is 16.8. The van der Waals surface area contributed by atoms with Gasteiger partial charge in [0, 0.05) is 18.9 Å². The van der Waals surface area contributed by atoms with E-state index >= 15 is 0 Å². The molecule has 0 saturated heterocycles. The highest BCUT2D eigenvalue weighted by Crippen LogP contribution is 2.37. The van der Waals surface area contributed by atoms with E-state index in [1.807, 2.05) is 12.2 Å². The van der Waals surface area contributed by atoms with Gasteiger partial charge in [-0.2, -0.15) is 0 Å². The lowest BCUT2D eigenvalue weighted by Crippen LogP contribution is -2.34. The molecule has 5 nitrogen and oxygen atoms in total. The van der Waals surface area contributed by atoms with Crippen LogP contribution >= 0.6 is 0 Å². The molecule has 1 aliphatic rings. The number of hydrogen-bond acceptors (Lipinski definition) is 4. The molecule has 1 aliphatic carbocycles. The summed E-state index contributed by atoms with van der Waals surface area (Å²) < 4.78 is 0. The van der Waals surface area contributed by atoms with Gasteiger partial charge in [-0.15, -0.1) is 0 Å². The first kappa shape index (κ1) is 23.6. The van der Waals surface area contributed by atoms with E-state index in [1.165, 1.54) is 26.2 Å². The van der Waals surface area contributed by atoms with E-state index in [1.54, 1.807) is 0 Å². The molecule has 154 valence electrons. The second kappa shape index (κ2) is 12.1. The average Bonchev–Trinajstić information content (AvgIpc) is 2.92. The first-order valence-corrected chi connectivity index (χ1v) is 10.2. The maximum absolute atomic E-state index is 12.3. The first-order valence-electron chi connectivity index (χ1n) is 10.2. The SMILES string of the molecule is CCCCCC/C=C/[C@H]1[C@H](CO)CC(=O)[C@@H]1C/C=C\CCC(C)(O)C(=O)O. The van der Waals surface area contributed by atoms with Gasteiger partial charge < -0.3 is 15.3 Å². The van der Waals surface area contributed by atoms with Crippen molar-refractivity contribution >= 4 is 11.8 Å². The van der Waals surface area contributed by atoms with E-state index in [2.05, 4.69) is 19.1 Å². The van der Waals surface area contributed by atoms with Crippen molar-refractivity contribution in [2.24, 2.45) is 17.8 Å². The fourth-order valence-corrected chi connectivity index (χ4v) is 3.63. The standard InChI is InChI=1S/C22H36O5/c1-3-4-5-6-7-9-12-18-17(16-23)15-20(24)19(18)13-10-8-11-14-22(2,27)21(25)26/h8-10,12,17-19,23,27H,3-7,11,13-16H2,1-2H3,(H,25,26)/b10-8-,12-9+/t17-,18-,19+,22?/m0/s1. The Hall–Kier alpha value is -1.46. The maximum atomic E-state index is 12.3. The fraction of sp³-hybridized carbons (Fsp3) is 0.727. The first-order chi connectivity index (χ1) is 12.8. The van der Waals surface area contributed by atoms with Gasteiger partial charge in [0.1, 0.15) is 5.78 Å². The van der Waals surface area contributed by atoms with Gasteiger partial charge in [0.15, 0.2) is 5.60 Å². The van der Waals surface area contributed by atoms with Crippen LogP contribution in [0.2, 0.25) is 0 Å². The number of allylic oxidation sites excluding steroid dienone is 4. The fourth-order valence-electron chi connectivity index (χ4n) is 3.63. The second-order valence-corrected chi connectivity index (χ2v) is 7.90. The van der Waals surface area contributed by atoms with E-state index in [0.29, 0.717) is 19.3 Å². The van der Waals surface area contributed by atoms with Crippen molar-refractivity contribution in [1.82, 2.24) is 0 Å². The Morgan fingerprint density at radius 3 is 2.56 bits per heavy atom. The highest BCUT2D eigenvalue weighted by Gasteiger charge is 2.39. The topological polar surface area (TPSA) is 94.8 Å². The lowest BCUT2D eigenvalue weighted by molar-refractivity contribution is -0.157. The van der Waals surface area contributed by atoms with Crippen LogP contribution in [-0.2, 0) is 9.59 Å². The summed E-state index contributed by atoms with van der Waals surface area (Å²) in [5, 5.41) is 28.2. The number of hydrogen-bond donors (Lipinski definition) is 3. The van der Waals surface area contributed by atoms with Crippen LogP contribution in [0.25, 0.3) is 0 Å². The molecule has 1 unspecified atom stereocenters. The molecule has 0 radical (unpaired) electrons. The molecule has 4 atom stereocenters. The minimum Gasteiger partial charge on any atom is -0.479 e. The van der Waals surface area contributed by atoms with Crippen LogP contribution in [-0.4, -0.2) is 39.3 Å². The number of carboxylic acid groups (broad SMARTS) is 1. The molecule has 0 aromatic rings. The molecule has 0 aliphatic heterocycles. The number of carbonyl (C=O) groups is 2. The van der Waals surface area contributed by atoms with E-state index in [-0.39, 0.29) is 36.6 Å². The number of carbonyl (C=O) groups excluding carboxylic acids is 1. The van der Waals surface area contributed by atoms with Gasteiger partial charge in [-0.1, -0.05) is 50.5 Å². The third kappa shape index (κ3) is 7.97. The van der Waals surface area contributed by atoms with Crippen molar-refractivity contribution in [2.75, 3.05) is 6.61 Å². The lowest BCUT2D eigenvalue weighted by atomic mass is 9.86. The summed E-state index contributed by atoms with van der Waals surface area (Å²) in [6.45, 7) is 3.50. The van der Waals surface area contributed by atoms with Crippen molar-refractivity contribution in [3.8, 4) is 0 Å². The molecule has 0 heterocycles. The second-order valence-electron chi connectivity index (χ2n) is 7.90. The van der Waals surface area contributed by atoms with Crippen LogP contribution in [0.4, 0.5) is 0 Å². The lowest BCUT2D eigenvalue weighted by Gasteiger charge is -2.18. The van der Waals surface area contributed by atoms with Crippen molar-refractivity contribution in [3.05, 3.63) is 24.3 Å². The minimum atomic E-state index is -1.72. The summed E-state index contributed by atoms with van der Waals surface area (Å²) in [4.78, 5) is 23.2.